The van der Waals surface area contributed by atoms with Crippen LogP contribution >= 0.6 is 46.5 Å². The molecule has 0 radical (unpaired) electrons. The molecule has 2 heterocycles. The van der Waals surface area contributed by atoms with Crippen molar-refractivity contribution in [1.29, 1.82) is 0 Å². The molecule has 154 valence electrons. The number of halogens is 2. The molecule has 0 aliphatic carbocycles. The van der Waals surface area contributed by atoms with E-state index in [1.165, 1.54) is 23.3 Å². The SMILES string of the molecule is COc1cc(Nc2nc3ccccc3nc2NSc2cc(Cl)sc2Cl)cc(OC)c1. The van der Waals surface area contributed by atoms with Crippen LogP contribution in [0.4, 0.5) is 17.3 Å². The van der Waals surface area contributed by atoms with Crippen LogP contribution in [0.3, 0.4) is 0 Å². The third kappa shape index (κ3) is 4.67. The number of nitrogens with one attached hydrogen (secondary N) is 2. The Morgan fingerprint density at radius 1 is 0.900 bits per heavy atom. The molecule has 0 fully saturated rings. The van der Waals surface area contributed by atoms with Crippen molar-refractivity contribution in [3.63, 3.8) is 0 Å². The molecule has 10 heteroatoms. The number of thiophene rings is 1. The summed E-state index contributed by atoms with van der Waals surface area (Å²) in [6.07, 6.45) is 0. The van der Waals surface area contributed by atoms with Crippen LogP contribution < -0.4 is 19.5 Å². The monoisotopic (exact) mass is 478 g/mol. The Morgan fingerprint density at radius 2 is 1.53 bits per heavy atom. The minimum absolute atomic E-state index is 0.550. The number of hydrogen-bond donors (Lipinski definition) is 2. The van der Waals surface area contributed by atoms with E-state index in [2.05, 4.69) is 10.0 Å². The molecule has 0 unspecified atom stereocenters. The molecule has 0 amide bonds. The van der Waals surface area contributed by atoms with E-state index in [-0.39, 0.29) is 0 Å². The van der Waals surface area contributed by atoms with Crippen LogP contribution in [0.2, 0.25) is 8.67 Å². The van der Waals surface area contributed by atoms with E-state index in [0.717, 1.165) is 21.6 Å². The fourth-order valence-corrected chi connectivity index (χ4v) is 5.05. The van der Waals surface area contributed by atoms with Gasteiger partial charge in [0.1, 0.15) is 15.8 Å². The van der Waals surface area contributed by atoms with Gasteiger partial charge < -0.3 is 19.5 Å². The van der Waals surface area contributed by atoms with Gasteiger partial charge in [0, 0.05) is 23.9 Å². The average Bonchev–Trinajstić information content (AvgIpc) is 3.08. The molecule has 0 saturated heterocycles. The number of rotatable bonds is 7. The first-order valence-corrected chi connectivity index (χ1v) is 11.1. The van der Waals surface area contributed by atoms with Gasteiger partial charge in [-0.15, -0.1) is 11.3 Å². The highest BCUT2D eigenvalue weighted by atomic mass is 35.5. The van der Waals surface area contributed by atoms with Gasteiger partial charge in [0.15, 0.2) is 11.6 Å². The summed E-state index contributed by atoms with van der Waals surface area (Å²) in [4.78, 5) is 10.3. The van der Waals surface area contributed by atoms with E-state index in [4.69, 9.17) is 42.6 Å². The Kier molecular flexibility index (Phi) is 6.38. The molecule has 0 saturated carbocycles. The van der Waals surface area contributed by atoms with Gasteiger partial charge in [-0.1, -0.05) is 35.3 Å². The quantitative estimate of drug-likeness (QED) is 0.280. The normalized spacial score (nSPS) is 10.8. The van der Waals surface area contributed by atoms with Crippen LogP contribution in [0.15, 0.2) is 53.4 Å². The topological polar surface area (TPSA) is 68.3 Å². The fraction of sp³-hybridized carbons (Fsp3) is 0.100. The average molecular weight is 479 g/mol. The summed E-state index contributed by atoms with van der Waals surface area (Å²) >= 11 is 14.9. The molecule has 0 aliphatic heterocycles. The Labute approximate surface area is 191 Å². The van der Waals surface area contributed by atoms with Crippen LogP contribution in [0.25, 0.3) is 11.0 Å². The van der Waals surface area contributed by atoms with Crippen LogP contribution in [0.1, 0.15) is 0 Å². The van der Waals surface area contributed by atoms with Crippen molar-refractivity contribution in [3.8, 4) is 11.5 Å². The molecule has 0 aliphatic rings. The van der Waals surface area contributed by atoms with E-state index in [1.807, 2.05) is 36.4 Å². The van der Waals surface area contributed by atoms with Crippen molar-refractivity contribution < 1.29 is 9.47 Å². The van der Waals surface area contributed by atoms with Gasteiger partial charge in [-0.2, -0.15) is 0 Å². The van der Waals surface area contributed by atoms with Crippen LogP contribution in [-0.4, -0.2) is 24.2 Å². The lowest BCUT2D eigenvalue weighted by molar-refractivity contribution is 0.395. The molecule has 2 N–H and O–H groups in total. The van der Waals surface area contributed by atoms with Gasteiger partial charge in [0.25, 0.3) is 0 Å². The molecule has 0 bridgehead atoms. The molecular weight excluding hydrogens is 463 g/mol. The Balaban J connectivity index is 1.70. The summed E-state index contributed by atoms with van der Waals surface area (Å²) in [6, 6.07) is 15.0. The lowest BCUT2D eigenvalue weighted by Gasteiger charge is -2.14. The number of fused-ring (bicyclic) bond motifs is 1. The molecule has 4 rings (SSSR count). The second-order valence-electron chi connectivity index (χ2n) is 6.03. The third-order valence-electron chi connectivity index (χ3n) is 4.07. The first-order valence-electron chi connectivity index (χ1n) is 8.70. The van der Waals surface area contributed by atoms with Gasteiger partial charge in [0.2, 0.25) is 0 Å². The molecule has 2 aromatic heterocycles. The molecule has 0 atom stereocenters. The lowest BCUT2D eigenvalue weighted by atomic mass is 10.2. The molecular formula is C20H16Cl2N4O2S2. The maximum atomic E-state index is 6.24. The largest absolute Gasteiger partial charge is 0.497 e. The van der Waals surface area contributed by atoms with E-state index in [9.17, 15) is 0 Å². The van der Waals surface area contributed by atoms with E-state index >= 15 is 0 Å². The predicted molar refractivity (Wildman–Crippen MR) is 126 cm³/mol. The highest BCUT2D eigenvalue weighted by Crippen LogP contribution is 2.39. The maximum absolute atomic E-state index is 6.24. The van der Waals surface area contributed by atoms with E-state index < -0.39 is 0 Å². The lowest BCUT2D eigenvalue weighted by Crippen LogP contribution is -2.02. The standard InChI is InChI=1S/C20H16Cl2N4O2S2/c1-27-12-7-11(8-13(9-12)28-2)23-19-20(25-15-6-4-3-5-14(15)24-19)26-30-16-10-17(21)29-18(16)22/h3-10H,1-2H3,(H,23,24)(H,25,26). The predicted octanol–water partition coefficient (Wildman–Crippen LogP) is 6.88. The minimum atomic E-state index is 0.550. The van der Waals surface area contributed by atoms with Gasteiger partial charge in [-0.25, -0.2) is 9.97 Å². The van der Waals surface area contributed by atoms with Gasteiger partial charge >= 0.3 is 0 Å². The van der Waals surface area contributed by atoms with Crippen LogP contribution in [0.5, 0.6) is 11.5 Å². The highest BCUT2D eigenvalue weighted by molar-refractivity contribution is 8.00. The minimum Gasteiger partial charge on any atom is -0.497 e. The summed E-state index contributed by atoms with van der Waals surface area (Å²) in [6.45, 7) is 0. The number of anilines is 3. The van der Waals surface area contributed by atoms with Gasteiger partial charge in [0.05, 0.1) is 34.5 Å². The number of methoxy groups -OCH3 is 2. The van der Waals surface area contributed by atoms with Crippen LogP contribution in [-0.2, 0) is 0 Å². The molecule has 4 aromatic rings. The second kappa shape index (κ2) is 9.18. The summed E-state index contributed by atoms with van der Waals surface area (Å²) in [5, 5.41) is 3.30. The fourth-order valence-electron chi connectivity index (χ4n) is 2.67. The molecule has 2 aromatic carbocycles. The van der Waals surface area contributed by atoms with E-state index in [0.29, 0.717) is 31.8 Å². The van der Waals surface area contributed by atoms with Crippen molar-refractivity contribution in [1.82, 2.24) is 9.97 Å². The van der Waals surface area contributed by atoms with Crippen molar-refractivity contribution in [2.45, 2.75) is 4.90 Å². The summed E-state index contributed by atoms with van der Waals surface area (Å²) in [5.41, 5.74) is 2.28. The number of para-hydroxylation sites is 2. The summed E-state index contributed by atoms with van der Waals surface area (Å²) < 4.78 is 15.2. The van der Waals surface area contributed by atoms with Crippen molar-refractivity contribution in [2.24, 2.45) is 0 Å². The smallest absolute Gasteiger partial charge is 0.180 e. The van der Waals surface area contributed by atoms with Crippen molar-refractivity contribution in [2.75, 3.05) is 24.3 Å². The maximum Gasteiger partial charge on any atom is 0.180 e. The second-order valence-corrected chi connectivity index (χ2v) is 9.16. The third-order valence-corrected chi connectivity index (χ3v) is 6.63. The number of benzene rings is 2. The number of nitrogens with zero attached hydrogens (tertiary/aromatic N) is 2. The number of aromatic nitrogens is 2. The number of hydrogen-bond acceptors (Lipinski definition) is 8. The van der Waals surface area contributed by atoms with Crippen molar-refractivity contribution in [3.05, 3.63) is 57.2 Å². The first-order chi connectivity index (χ1) is 14.6. The zero-order chi connectivity index (χ0) is 21.1. The number of ether oxygens (including phenoxy) is 2. The molecule has 30 heavy (non-hydrogen) atoms. The van der Waals surface area contributed by atoms with E-state index in [1.54, 1.807) is 26.4 Å². The first kappa shape index (κ1) is 20.9. The van der Waals surface area contributed by atoms with Crippen LogP contribution in [0, 0.1) is 0 Å². The zero-order valence-corrected chi connectivity index (χ0v) is 19.0. The van der Waals surface area contributed by atoms with Gasteiger partial charge in [-0.3, -0.25) is 0 Å². The Hall–Kier alpha value is -2.39. The summed E-state index contributed by atoms with van der Waals surface area (Å²) in [5.74, 6) is 2.43. The Morgan fingerprint density at radius 3 is 2.10 bits per heavy atom. The highest BCUT2D eigenvalue weighted by Gasteiger charge is 2.13. The zero-order valence-electron chi connectivity index (χ0n) is 15.9. The van der Waals surface area contributed by atoms with Crippen molar-refractivity contribution >= 4 is 74.8 Å². The summed E-state index contributed by atoms with van der Waals surface area (Å²) in [7, 11) is 3.21. The van der Waals surface area contributed by atoms with Gasteiger partial charge in [-0.05, 0) is 30.1 Å². The Bertz CT molecular complexity index is 1180. The molecule has 0 spiro atoms. The molecule has 6 nitrogen and oxygen atoms in total.